The molecule has 0 saturated heterocycles. The number of aryl methyl sites for hydroxylation is 1. The summed E-state index contributed by atoms with van der Waals surface area (Å²) >= 11 is 0. The predicted octanol–water partition coefficient (Wildman–Crippen LogP) is 2.03. The van der Waals surface area contributed by atoms with Gasteiger partial charge in [-0.1, -0.05) is 18.2 Å². The average molecular weight is 286 g/mol. The molecule has 0 aliphatic carbocycles. The maximum absolute atomic E-state index is 11.8. The van der Waals surface area contributed by atoms with Gasteiger partial charge in [-0.15, -0.1) is 0 Å². The van der Waals surface area contributed by atoms with Crippen molar-refractivity contribution in [3.8, 4) is 5.75 Å². The van der Waals surface area contributed by atoms with Gasteiger partial charge in [-0.2, -0.15) is 5.10 Å². The highest BCUT2D eigenvalue weighted by Gasteiger charge is 2.22. The quantitative estimate of drug-likeness (QED) is 0.903. The van der Waals surface area contributed by atoms with Crippen LogP contribution in [0.4, 0.5) is 10.5 Å². The average Bonchev–Trinajstić information content (AvgIpc) is 3.10. The maximum atomic E-state index is 11.8. The lowest BCUT2D eigenvalue weighted by atomic mass is 10.1. The molecule has 0 fully saturated rings. The van der Waals surface area contributed by atoms with Gasteiger partial charge >= 0.3 is 6.03 Å². The molecule has 0 spiro atoms. The number of hydrogen-bond donors (Lipinski definition) is 2. The van der Waals surface area contributed by atoms with E-state index in [4.69, 9.17) is 4.74 Å². The Hall–Kier alpha value is -2.50. The monoisotopic (exact) mass is 286 g/mol. The summed E-state index contributed by atoms with van der Waals surface area (Å²) in [5, 5.41) is 9.68. The molecule has 2 amide bonds. The van der Waals surface area contributed by atoms with E-state index in [1.165, 1.54) is 5.56 Å². The first-order valence-electron chi connectivity index (χ1n) is 7.06. The van der Waals surface area contributed by atoms with E-state index in [1.54, 1.807) is 17.1 Å². The van der Waals surface area contributed by atoms with Crippen molar-refractivity contribution in [1.29, 1.82) is 0 Å². The Labute approximate surface area is 123 Å². The number of carbonyl (C=O) groups is 1. The van der Waals surface area contributed by atoms with Crippen LogP contribution in [0, 0.1) is 0 Å². The Morgan fingerprint density at radius 3 is 3.10 bits per heavy atom. The number of anilines is 1. The van der Waals surface area contributed by atoms with E-state index in [0.29, 0.717) is 12.2 Å². The van der Waals surface area contributed by atoms with Crippen LogP contribution in [-0.2, 0) is 13.0 Å². The van der Waals surface area contributed by atoms with Crippen molar-refractivity contribution in [1.82, 2.24) is 15.1 Å². The summed E-state index contributed by atoms with van der Waals surface area (Å²) in [5.74, 6) is 0.911. The van der Waals surface area contributed by atoms with Crippen LogP contribution in [0.25, 0.3) is 0 Å². The van der Waals surface area contributed by atoms with Crippen LogP contribution in [0.3, 0.4) is 0 Å². The molecule has 0 saturated carbocycles. The molecule has 0 bridgehead atoms. The number of rotatable bonds is 4. The summed E-state index contributed by atoms with van der Waals surface area (Å²) in [6.07, 6.45) is 4.24. The number of ether oxygens (including phenoxy) is 1. The van der Waals surface area contributed by atoms with E-state index in [1.807, 2.05) is 25.1 Å². The number of amides is 2. The van der Waals surface area contributed by atoms with Crippen molar-refractivity contribution >= 4 is 11.7 Å². The van der Waals surface area contributed by atoms with Gasteiger partial charge in [0.15, 0.2) is 0 Å². The summed E-state index contributed by atoms with van der Waals surface area (Å²) in [5.41, 5.74) is 1.87. The molecular formula is C15H18N4O2. The third kappa shape index (κ3) is 3.16. The SMILES string of the molecule is CCn1cc(NC(=O)NC[C@@H]2Cc3ccccc3O2)cn1. The maximum Gasteiger partial charge on any atom is 0.319 e. The molecule has 0 radical (unpaired) electrons. The summed E-state index contributed by atoms with van der Waals surface area (Å²) in [4.78, 5) is 11.8. The van der Waals surface area contributed by atoms with Crippen molar-refractivity contribution in [2.75, 3.05) is 11.9 Å². The van der Waals surface area contributed by atoms with Crippen LogP contribution >= 0.6 is 0 Å². The molecule has 2 N–H and O–H groups in total. The first-order chi connectivity index (χ1) is 10.2. The zero-order valence-electron chi connectivity index (χ0n) is 11.9. The van der Waals surface area contributed by atoms with Gasteiger partial charge in [-0.05, 0) is 18.6 Å². The molecule has 110 valence electrons. The lowest BCUT2D eigenvalue weighted by molar-refractivity contribution is 0.219. The number of carbonyl (C=O) groups excluding carboxylic acids is 1. The molecule has 21 heavy (non-hydrogen) atoms. The third-order valence-corrected chi connectivity index (χ3v) is 3.42. The van der Waals surface area contributed by atoms with E-state index in [-0.39, 0.29) is 12.1 Å². The minimum Gasteiger partial charge on any atom is -0.488 e. The number of urea groups is 1. The molecule has 1 atom stereocenters. The predicted molar refractivity (Wildman–Crippen MR) is 79.5 cm³/mol. The number of hydrogen-bond acceptors (Lipinski definition) is 3. The summed E-state index contributed by atoms with van der Waals surface area (Å²) in [6, 6.07) is 7.71. The number of benzene rings is 1. The Morgan fingerprint density at radius 2 is 2.33 bits per heavy atom. The second-order valence-corrected chi connectivity index (χ2v) is 4.97. The van der Waals surface area contributed by atoms with Crippen LogP contribution < -0.4 is 15.4 Å². The molecule has 0 unspecified atom stereocenters. The number of para-hydroxylation sites is 1. The first kappa shape index (κ1) is 13.5. The van der Waals surface area contributed by atoms with Crippen molar-refractivity contribution in [2.45, 2.75) is 26.0 Å². The fourth-order valence-corrected chi connectivity index (χ4v) is 2.35. The van der Waals surface area contributed by atoms with E-state index in [9.17, 15) is 4.79 Å². The fraction of sp³-hybridized carbons (Fsp3) is 0.333. The minimum absolute atomic E-state index is 0.00786. The van der Waals surface area contributed by atoms with Crippen molar-refractivity contribution in [2.24, 2.45) is 0 Å². The Kier molecular flexibility index (Phi) is 3.77. The second kappa shape index (κ2) is 5.87. The standard InChI is InChI=1S/C15H18N4O2/c1-2-19-10-12(8-17-19)18-15(20)16-9-13-7-11-5-3-4-6-14(11)21-13/h3-6,8,10,13H,2,7,9H2,1H3,(H2,16,18,20)/t13-/m0/s1. The smallest absolute Gasteiger partial charge is 0.319 e. The van der Waals surface area contributed by atoms with Crippen molar-refractivity contribution in [3.05, 3.63) is 42.2 Å². The molecule has 1 aromatic heterocycles. The largest absolute Gasteiger partial charge is 0.488 e. The summed E-state index contributed by atoms with van der Waals surface area (Å²) < 4.78 is 7.53. The van der Waals surface area contributed by atoms with Crippen LogP contribution in [0.1, 0.15) is 12.5 Å². The number of aromatic nitrogens is 2. The Morgan fingerprint density at radius 1 is 1.48 bits per heavy atom. The topological polar surface area (TPSA) is 68.2 Å². The minimum atomic E-state index is -0.245. The third-order valence-electron chi connectivity index (χ3n) is 3.42. The van der Waals surface area contributed by atoms with Crippen molar-refractivity contribution < 1.29 is 9.53 Å². The van der Waals surface area contributed by atoms with Gasteiger partial charge in [0.05, 0.1) is 18.4 Å². The van der Waals surface area contributed by atoms with Crippen LogP contribution in [0.15, 0.2) is 36.7 Å². The molecule has 6 nitrogen and oxygen atoms in total. The number of nitrogens with one attached hydrogen (secondary N) is 2. The van der Waals surface area contributed by atoms with E-state index in [0.717, 1.165) is 18.7 Å². The highest BCUT2D eigenvalue weighted by molar-refractivity contribution is 5.88. The zero-order valence-corrected chi connectivity index (χ0v) is 11.9. The molecule has 1 aliphatic rings. The molecule has 6 heteroatoms. The fourth-order valence-electron chi connectivity index (χ4n) is 2.35. The summed E-state index contributed by atoms with van der Waals surface area (Å²) in [7, 11) is 0. The van der Waals surface area contributed by atoms with E-state index < -0.39 is 0 Å². The highest BCUT2D eigenvalue weighted by Crippen LogP contribution is 2.27. The normalized spacial score (nSPS) is 16.1. The van der Waals surface area contributed by atoms with E-state index in [2.05, 4.69) is 21.8 Å². The van der Waals surface area contributed by atoms with Gasteiger partial charge in [0.25, 0.3) is 0 Å². The summed E-state index contributed by atoms with van der Waals surface area (Å²) in [6.45, 7) is 3.24. The Bertz CT molecular complexity index is 613. The Balaban J connectivity index is 1.47. The molecule has 2 heterocycles. The van der Waals surface area contributed by atoms with Crippen LogP contribution in [0.2, 0.25) is 0 Å². The lowest BCUT2D eigenvalue weighted by Crippen LogP contribution is -2.37. The van der Waals surface area contributed by atoms with Crippen LogP contribution in [0.5, 0.6) is 5.75 Å². The molecule has 1 aliphatic heterocycles. The zero-order chi connectivity index (χ0) is 14.7. The first-order valence-corrected chi connectivity index (χ1v) is 7.06. The molecule has 1 aromatic carbocycles. The highest BCUT2D eigenvalue weighted by atomic mass is 16.5. The second-order valence-electron chi connectivity index (χ2n) is 4.97. The van der Waals surface area contributed by atoms with Gasteiger partial charge in [0, 0.05) is 19.2 Å². The molecular weight excluding hydrogens is 268 g/mol. The number of nitrogens with zero attached hydrogens (tertiary/aromatic N) is 2. The van der Waals surface area contributed by atoms with Gasteiger partial charge in [-0.25, -0.2) is 4.79 Å². The number of fused-ring (bicyclic) bond motifs is 1. The van der Waals surface area contributed by atoms with Gasteiger partial charge < -0.3 is 15.4 Å². The lowest BCUT2D eigenvalue weighted by Gasteiger charge is -2.12. The molecule has 2 aromatic rings. The van der Waals surface area contributed by atoms with Crippen molar-refractivity contribution in [3.63, 3.8) is 0 Å². The van der Waals surface area contributed by atoms with Gasteiger partial charge in [0.2, 0.25) is 0 Å². The molecule has 3 rings (SSSR count). The van der Waals surface area contributed by atoms with E-state index >= 15 is 0 Å². The van der Waals surface area contributed by atoms with Gasteiger partial charge in [-0.3, -0.25) is 4.68 Å². The van der Waals surface area contributed by atoms with Crippen LogP contribution in [-0.4, -0.2) is 28.5 Å². The van der Waals surface area contributed by atoms with Gasteiger partial charge in [0.1, 0.15) is 11.9 Å².